The fraction of sp³-hybridized carbons (Fsp3) is 0.0667. The molecular weight excluding hydrogens is 345 g/mol. The molecule has 0 unspecified atom stereocenters. The minimum Gasteiger partial charge on any atom is -1.00 e. The molecule has 3 N–H and O–H groups in total. The number of ketones is 1. The Balaban J connectivity index is 0.00000220. The van der Waals surface area contributed by atoms with E-state index in [2.05, 4.69) is 15.9 Å². The molecule has 0 aliphatic rings. The quantitative estimate of drug-likeness (QED) is 0.458. The summed E-state index contributed by atoms with van der Waals surface area (Å²) >= 11 is 3.30. The number of halogens is 1. The third kappa shape index (κ3) is 4.41. The van der Waals surface area contributed by atoms with Gasteiger partial charge < -0.3 is 12.3 Å². The summed E-state index contributed by atoms with van der Waals surface area (Å²) in [7, 11) is 0. The number of aliphatic carboxylic acids is 1. The molecule has 6 heteroatoms. The van der Waals surface area contributed by atoms with Crippen molar-refractivity contribution < 1.29 is 45.7 Å². The van der Waals surface area contributed by atoms with Crippen LogP contribution < -0.4 is 35.3 Å². The monoisotopic (exact) mass is 357 g/mol. The molecule has 0 atom stereocenters. The zero-order chi connectivity index (χ0) is 14.7. The first-order chi connectivity index (χ1) is 9.49. The van der Waals surface area contributed by atoms with E-state index >= 15 is 0 Å². The van der Waals surface area contributed by atoms with Crippen LogP contribution in [0.3, 0.4) is 0 Å². The van der Waals surface area contributed by atoms with E-state index in [0.29, 0.717) is 16.7 Å². The number of carboxylic acid groups (broad SMARTS) is 1. The number of carboxylic acids is 1. The Kier molecular flexibility index (Phi) is 6.61. The van der Waals surface area contributed by atoms with Crippen LogP contribution in [-0.4, -0.2) is 16.9 Å². The zero-order valence-electron chi connectivity index (χ0n) is 12.5. The van der Waals surface area contributed by atoms with Gasteiger partial charge in [-0.1, -0.05) is 28.1 Å². The number of carbonyl (C=O) groups excluding carboxylic acids is 1. The molecule has 0 radical (unpaired) electrons. The number of rotatable bonds is 4. The average molecular weight is 358 g/mol. The van der Waals surface area contributed by atoms with E-state index in [1.807, 2.05) is 0 Å². The summed E-state index contributed by atoms with van der Waals surface area (Å²) in [6, 6.07) is 11.8. The van der Waals surface area contributed by atoms with Crippen LogP contribution in [0, 0.1) is 0 Å². The maximum atomic E-state index is 12.4. The van der Waals surface area contributed by atoms with Gasteiger partial charge in [0.25, 0.3) is 0 Å². The molecule has 2 aromatic rings. The second-order valence-electron chi connectivity index (χ2n) is 4.28. The standard InChI is InChI=1S/C15H12BrNO3.Na.H/c16-11-6-4-9(5-7-11)15(20)12-3-1-2-10(14(12)17)8-13(18)19;;/h1-7H,8,17H2,(H,18,19);;/q;+1;-1. The Morgan fingerprint density at radius 3 is 2.33 bits per heavy atom. The van der Waals surface area contributed by atoms with Crippen molar-refractivity contribution in [3.05, 3.63) is 63.6 Å². The van der Waals surface area contributed by atoms with Crippen molar-refractivity contribution in [2.75, 3.05) is 5.73 Å². The molecule has 0 heterocycles. The van der Waals surface area contributed by atoms with Crippen LogP contribution in [0.25, 0.3) is 0 Å². The van der Waals surface area contributed by atoms with E-state index < -0.39 is 5.97 Å². The molecule has 21 heavy (non-hydrogen) atoms. The number of nitrogen functional groups attached to an aromatic ring is 1. The van der Waals surface area contributed by atoms with Crippen LogP contribution in [0.2, 0.25) is 0 Å². The summed E-state index contributed by atoms with van der Waals surface area (Å²) < 4.78 is 0.877. The van der Waals surface area contributed by atoms with Crippen molar-refractivity contribution in [2.24, 2.45) is 0 Å². The molecule has 0 aromatic heterocycles. The Morgan fingerprint density at radius 2 is 1.76 bits per heavy atom. The third-order valence-electron chi connectivity index (χ3n) is 2.89. The van der Waals surface area contributed by atoms with Crippen LogP contribution in [0.4, 0.5) is 5.69 Å². The van der Waals surface area contributed by atoms with E-state index in [9.17, 15) is 9.59 Å². The Bertz CT molecular complexity index is 677. The van der Waals surface area contributed by atoms with E-state index in [1.165, 1.54) is 0 Å². The number of nitrogens with two attached hydrogens (primary N) is 1. The minimum absolute atomic E-state index is 0. The topological polar surface area (TPSA) is 80.4 Å². The normalized spacial score (nSPS) is 9.76. The minimum atomic E-state index is -0.982. The number of para-hydroxylation sites is 1. The van der Waals surface area contributed by atoms with Gasteiger partial charge in [-0.3, -0.25) is 9.59 Å². The first kappa shape index (κ1) is 17.9. The van der Waals surface area contributed by atoms with Gasteiger partial charge in [-0.2, -0.15) is 0 Å². The molecule has 0 fully saturated rings. The van der Waals surface area contributed by atoms with Gasteiger partial charge in [0.1, 0.15) is 0 Å². The fourth-order valence-electron chi connectivity index (χ4n) is 1.88. The van der Waals surface area contributed by atoms with Gasteiger partial charge in [0.05, 0.1) is 6.42 Å². The van der Waals surface area contributed by atoms with Crippen LogP contribution in [0.1, 0.15) is 22.9 Å². The molecule has 4 nitrogen and oxygen atoms in total. The number of anilines is 1. The summed E-state index contributed by atoms with van der Waals surface area (Å²) in [6.45, 7) is 0. The molecule has 0 aliphatic heterocycles. The van der Waals surface area contributed by atoms with Gasteiger partial charge in [0.15, 0.2) is 5.78 Å². The van der Waals surface area contributed by atoms with Gasteiger partial charge in [-0.25, -0.2) is 0 Å². The summed E-state index contributed by atoms with van der Waals surface area (Å²) in [6.07, 6.45) is -0.201. The van der Waals surface area contributed by atoms with Gasteiger partial charge in [-0.15, -0.1) is 0 Å². The van der Waals surface area contributed by atoms with Crippen molar-refractivity contribution >= 4 is 33.4 Å². The molecule has 2 rings (SSSR count). The van der Waals surface area contributed by atoms with E-state index in [1.54, 1.807) is 42.5 Å². The Hall–Kier alpha value is -1.14. The molecule has 104 valence electrons. The SMILES string of the molecule is Nc1c(CC(=O)O)cccc1C(=O)c1ccc(Br)cc1.[H-].[Na+]. The van der Waals surface area contributed by atoms with E-state index in [0.717, 1.165) is 4.47 Å². The van der Waals surface area contributed by atoms with Crippen LogP contribution in [0.5, 0.6) is 0 Å². The zero-order valence-corrected chi connectivity index (χ0v) is 15.1. The van der Waals surface area contributed by atoms with E-state index in [-0.39, 0.29) is 48.9 Å². The number of hydrogen-bond acceptors (Lipinski definition) is 3. The summed E-state index contributed by atoms with van der Waals surface area (Å²) in [5.41, 5.74) is 7.41. The molecular formula is C15H13BrNNaO3. The van der Waals surface area contributed by atoms with Crippen molar-refractivity contribution in [3.8, 4) is 0 Å². The first-order valence-electron chi connectivity index (χ1n) is 5.88. The predicted octanol–water partition coefficient (Wildman–Crippen LogP) is 0.00590. The van der Waals surface area contributed by atoms with Gasteiger partial charge in [-0.05, 0) is 35.9 Å². The maximum absolute atomic E-state index is 12.4. The van der Waals surface area contributed by atoms with Crippen LogP contribution in [-0.2, 0) is 11.2 Å². The second kappa shape index (κ2) is 7.75. The Labute approximate surface area is 154 Å². The number of hydrogen-bond donors (Lipinski definition) is 2. The molecule has 0 amide bonds. The van der Waals surface area contributed by atoms with Crippen molar-refractivity contribution in [3.63, 3.8) is 0 Å². The fourth-order valence-corrected chi connectivity index (χ4v) is 2.15. The molecule has 0 saturated carbocycles. The molecule has 0 spiro atoms. The van der Waals surface area contributed by atoms with Crippen LogP contribution in [0.15, 0.2) is 46.9 Å². The first-order valence-corrected chi connectivity index (χ1v) is 6.68. The second-order valence-corrected chi connectivity index (χ2v) is 5.20. The summed E-state index contributed by atoms with van der Waals surface area (Å²) in [5, 5.41) is 8.82. The van der Waals surface area contributed by atoms with Crippen molar-refractivity contribution in [2.45, 2.75) is 6.42 Å². The molecule has 0 saturated heterocycles. The molecule has 2 aromatic carbocycles. The van der Waals surface area contributed by atoms with Gasteiger partial charge >= 0.3 is 35.5 Å². The average Bonchev–Trinajstić information content (AvgIpc) is 2.41. The third-order valence-corrected chi connectivity index (χ3v) is 3.42. The Morgan fingerprint density at radius 1 is 1.14 bits per heavy atom. The molecule has 0 bridgehead atoms. The van der Waals surface area contributed by atoms with Crippen molar-refractivity contribution in [1.29, 1.82) is 0 Å². The van der Waals surface area contributed by atoms with Gasteiger partial charge in [0, 0.05) is 21.3 Å². The number of carbonyl (C=O) groups is 2. The van der Waals surface area contributed by atoms with Crippen LogP contribution >= 0.6 is 15.9 Å². The van der Waals surface area contributed by atoms with Gasteiger partial charge in [0.2, 0.25) is 0 Å². The largest absolute Gasteiger partial charge is 1.00 e. The van der Waals surface area contributed by atoms with Crippen molar-refractivity contribution in [1.82, 2.24) is 0 Å². The summed E-state index contributed by atoms with van der Waals surface area (Å²) in [5.74, 6) is -1.20. The smallest absolute Gasteiger partial charge is 1.00 e. The predicted molar refractivity (Wildman–Crippen MR) is 80.9 cm³/mol. The number of benzene rings is 2. The summed E-state index contributed by atoms with van der Waals surface area (Å²) in [4.78, 5) is 23.1. The van der Waals surface area contributed by atoms with E-state index in [4.69, 9.17) is 10.8 Å². The maximum Gasteiger partial charge on any atom is 1.00 e. The molecule has 0 aliphatic carbocycles.